The third-order valence-electron chi connectivity index (χ3n) is 2.65. The highest BCUT2D eigenvalue weighted by molar-refractivity contribution is 5.90. The molecule has 2 heterocycles. The molecule has 0 atom stereocenters. The summed E-state index contributed by atoms with van der Waals surface area (Å²) < 4.78 is 5.02. The molecule has 0 bridgehead atoms. The molecule has 2 aromatic heterocycles. The minimum atomic E-state index is -0.401. The highest BCUT2D eigenvalue weighted by atomic mass is 16.5. The largest absolute Gasteiger partial charge is 0.462 e. The Bertz CT molecular complexity index is 599. The molecular formula is C14H16N4O2. The smallest absolute Gasteiger partial charge is 0.341 e. The molecule has 0 saturated carbocycles. The monoisotopic (exact) mass is 272 g/mol. The lowest BCUT2D eigenvalue weighted by Gasteiger charge is -2.11. The van der Waals surface area contributed by atoms with E-state index in [1.807, 2.05) is 13.8 Å². The second-order valence-electron chi connectivity index (χ2n) is 4.46. The Kier molecular flexibility index (Phi) is 4.34. The zero-order valence-corrected chi connectivity index (χ0v) is 11.7. The topological polar surface area (TPSA) is 77.9 Å². The van der Waals surface area contributed by atoms with E-state index in [1.165, 1.54) is 6.20 Å². The van der Waals surface area contributed by atoms with E-state index in [0.29, 0.717) is 29.4 Å². The van der Waals surface area contributed by atoms with Gasteiger partial charge >= 0.3 is 5.97 Å². The molecule has 0 aliphatic rings. The van der Waals surface area contributed by atoms with Gasteiger partial charge in [-0.15, -0.1) is 0 Å². The molecule has 0 amide bonds. The summed E-state index contributed by atoms with van der Waals surface area (Å²) in [6.07, 6.45) is 6.24. The van der Waals surface area contributed by atoms with Gasteiger partial charge in [-0.1, -0.05) is 13.8 Å². The van der Waals surface area contributed by atoms with E-state index in [0.717, 1.165) is 0 Å². The van der Waals surface area contributed by atoms with Gasteiger partial charge in [0.1, 0.15) is 5.69 Å². The molecule has 0 aliphatic carbocycles. The summed E-state index contributed by atoms with van der Waals surface area (Å²) in [6.45, 7) is 6.01. The lowest BCUT2D eigenvalue weighted by Crippen LogP contribution is -2.12. The van der Waals surface area contributed by atoms with Gasteiger partial charge in [0.15, 0.2) is 5.82 Å². The Morgan fingerprint density at radius 2 is 2.05 bits per heavy atom. The van der Waals surface area contributed by atoms with Crippen LogP contribution < -0.4 is 0 Å². The molecule has 2 aromatic rings. The van der Waals surface area contributed by atoms with Crippen LogP contribution in [-0.4, -0.2) is 32.5 Å². The standard InChI is InChI=1S/C14H16N4O2/c1-4-20-14(19)10-7-17-13(18-12(10)9(2)3)11-8-15-5-6-16-11/h5-9H,4H2,1-3H3. The van der Waals surface area contributed by atoms with E-state index >= 15 is 0 Å². The maximum Gasteiger partial charge on any atom is 0.341 e. The number of hydrogen-bond donors (Lipinski definition) is 0. The van der Waals surface area contributed by atoms with Gasteiger partial charge in [-0.2, -0.15) is 0 Å². The highest BCUT2D eigenvalue weighted by Crippen LogP contribution is 2.20. The zero-order chi connectivity index (χ0) is 14.5. The van der Waals surface area contributed by atoms with Crippen LogP contribution in [-0.2, 0) is 4.74 Å². The van der Waals surface area contributed by atoms with E-state index in [4.69, 9.17) is 4.74 Å². The van der Waals surface area contributed by atoms with Gasteiger partial charge in [0.2, 0.25) is 0 Å². The molecule has 0 unspecified atom stereocenters. The lowest BCUT2D eigenvalue weighted by atomic mass is 10.1. The van der Waals surface area contributed by atoms with Crippen LogP contribution in [0.3, 0.4) is 0 Å². The van der Waals surface area contributed by atoms with Crippen LogP contribution in [0.25, 0.3) is 11.5 Å². The first-order valence-electron chi connectivity index (χ1n) is 6.44. The lowest BCUT2D eigenvalue weighted by molar-refractivity contribution is 0.0523. The summed E-state index contributed by atoms with van der Waals surface area (Å²) in [7, 11) is 0. The third kappa shape index (κ3) is 2.96. The number of ether oxygens (including phenoxy) is 1. The Balaban J connectivity index is 2.45. The van der Waals surface area contributed by atoms with Gasteiger partial charge in [-0.25, -0.2) is 19.7 Å². The normalized spacial score (nSPS) is 10.6. The van der Waals surface area contributed by atoms with Crippen LogP contribution in [0.1, 0.15) is 42.7 Å². The molecule has 20 heavy (non-hydrogen) atoms. The van der Waals surface area contributed by atoms with Gasteiger partial charge in [0, 0.05) is 18.6 Å². The van der Waals surface area contributed by atoms with Crippen LogP contribution in [0.5, 0.6) is 0 Å². The predicted octanol–water partition coefficient (Wildman–Crippen LogP) is 2.23. The fourth-order valence-electron chi connectivity index (χ4n) is 1.74. The molecule has 0 radical (unpaired) electrons. The predicted molar refractivity (Wildman–Crippen MR) is 73.1 cm³/mol. The van der Waals surface area contributed by atoms with E-state index in [1.54, 1.807) is 25.5 Å². The molecule has 0 spiro atoms. The summed E-state index contributed by atoms with van der Waals surface area (Å²) in [4.78, 5) is 28.6. The fraction of sp³-hybridized carbons (Fsp3) is 0.357. The molecule has 6 nitrogen and oxygen atoms in total. The maximum absolute atomic E-state index is 11.9. The first-order chi connectivity index (χ1) is 9.63. The fourth-order valence-corrected chi connectivity index (χ4v) is 1.74. The van der Waals surface area contributed by atoms with Crippen LogP contribution in [0.2, 0.25) is 0 Å². The minimum absolute atomic E-state index is 0.0767. The summed E-state index contributed by atoms with van der Waals surface area (Å²) in [5, 5.41) is 0. The van der Waals surface area contributed by atoms with Crippen molar-refractivity contribution in [2.75, 3.05) is 6.61 Å². The number of nitrogens with zero attached hydrogens (tertiary/aromatic N) is 4. The van der Waals surface area contributed by atoms with Gasteiger partial charge in [-0.05, 0) is 12.8 Å². The first kappa shape index (κ1) is 14.0. The van der Waals surface area contributed by atoms with Crippen LogP contribution in [0, 0.1) is 0 Å². The van der Waals surface area contributed by atoms with E-state index in [-0.39, 0.29) is 5.92 Å². The number of hydrogen-bond acceptors (Lipinski definition) is 6. The van der Waals surface area contributed by atoms with Crippen LogP contribution in [0.15, 0.2) is 24.8 Å². The van der Waals surface area contributed by atoms with Crippen molar-refractivity contribution < 1.29 is 9.53 Å². The molecule has 0 aromatic carbocycles. The van der Waals surface area contributed by atoms with Gasteiger partial charge in [-0.3, -0.25) is 4.98 Å². The van der Waals surface area contributed by atoms with E-state index in [2.05, 4.69) is 19.9 Å². The Morgan fingerprint density at radius 3 is 2.65 bits per heavy atom. The third-order valence-corrected chi connectivity index (χ3v) is 2.65. The van der Waals surface area contributed by atoms with Crippen molar-refractivity contribution in [2.45, 2.75) is 26.7 Å². The SMILES string of the molecule is CCOC(=O)c1cnc(-c2cnccn2)nc1C(C)C. The second-order valence-corrected chi connectivity index (χ2v) is 4.46. The van der Waals surface area contributed by atoms with Crippen molar-refractivity contribution in [3.63, 3.8) is 0 Å². The summed E-state index contributed by atoms with van der Waals surface area (Å²) in [5.74, 6) is 0.129. The summed E-state index contributed by atoms with van der Waals surface area (Å²) >= 11 is 0. The average molecular weight is 272 g/mol. The number of rotatable bonds is 4. The van der Waals surface area contributed by atoms with Crippen LogP contribution in [0.4, 0.5) is 0 Å². The quantitative estimate of drug-likeness (QED) is 0.794. The second kappa shape index (κ2) is 6.18. The van der Waals surface area contributed by atoms with Crippen molar-refractivity contribution in [1.29, 1.82) is 0 Å². The molecule has 0 saturated heterocycles. The highest BCUT2D eigenvalue weighted by Gasteiger charge is 2.18. The maximum atomic E-state index is 11.9. The Hall–Kier alpha value is -2.37. The van der Waals surface area contributed by atoms with Gasteiger partial charge in [0.25, 0.3) is 0 Å². The summed E-state index contributed by atoms with van der Waals surface area (Å²) in [5.41, 5.74) is 1.62. The number of carbonyl (C=O) groups excluding carboxylic acids is 1. The van der Waals surface area contributed by atoms with Crippen molar-refractivity contribution in [3.8, 4) is 11.5 Å². The molecule has 0 aliphatic heterocycles. The molecular weight excluding hydrogens is 256 g/mol. The molecule has 104 valence electrons. The molecule has 0 fully saturated rings. The van der Waals surface area contributed by atoms with E-state index < -0.39 is 5.97 Å². The zero-order valence-electron chi connectivity index (χ0n) is 11.7. The first-order valence-corrected chi connectivity index (χ1v) is 6.44. The Morgan fingerprint density at radius 1 is 1.25 bits per heavy atom. The van der Waals surface area contributed by atoms with Crippen molar-refractivity contribution in [3.05, 3.63) is 36.0 Å². The molecule has 2 rings (SSSR count). The number of esters is 1. The number of carbonyl (C=O) groups is 1. The molecule has 0 N–H and O–H groups in total. The van der Waals surface area contributed by atoms with Crippen molar-refractivity contribution in [2.24, 2.45) is 0 Å². The van der Waals surface area contributed by atoms with E-state index in [9.17, 15) is 4.79 Å². The molecule has 6 heteroatoms. The van der Waals surface area contributed by atoms with Gasteiger partial charge in [0.05, 0.1) is 24.1 Å². The van der Waals surface area contributed by atoms with Gasteiger partial charge < -0.3 is 4.74 Å². The number of aromatic nitrogens is 4. The summed E-state index contributed by atoms with van der Waals surface area (Å²) in [6, 6.07) is 0. The van der Waals surface area contributed by atoms with Crippen molar-refractivity contribution >= 4 is 5.97 Å². The van der Waals surface area contributed by atoms with Crippen LogP contribution >= 0.6 is 0 Å². The van der Waals surface area contributed by atoms with Crippen molar-refractivity contribution in [1.82, 2.24) is 19.9 Å². The Labute approximate surface area is 117 Å². The average Bonchev–Trinajstić information content (AvgIpc) is 2.47. The minimum Gasteiger partial charge on any atom is -0.462 e.